The van der Waals surface area contributed by atoms with Crippen molar-refractivity contribution >= 4 is 11.8 Å². The van der Waals surface area contributed by atoms with Gasteiger partial charge in [-0.2, -0.15) is 0 Å². The molecule has 0 N–H and O–H groups in total. The molecule has 1 heterocycles. The average molecular weight is 337 g/mol. The van der Waals surface area contributed by atoms with Crippen molar-refractivity contribution in [1.82, 2.24) is 14.8 Å². The molecular formula is C20H23N3S. The summed E-state index contributed by atoms with van der Waals surface area (Å²) >= 11 is 1.79. The minimum absolute atomic E-state index is 0.788. The van der Waals surface area contributed by atoms with Crippen LogP contribution >= 0.6 is 11.8 Å². The number of benzene rings is 2. The molecule has 0 fully saturated rings. The molecule has 3 aromatic rings. The van der Waals surface area contributed by atoms with Crippen LogP contribution in [0.15, 0.2) is 59.8 Å². The van der Waals surface area contributed by atoms with E-state index >= 15 is 0 Å². The summed E-state index contributed by atoms with van der Waals surface area (Å²) < 4.78 is 2.20. The van der Waals surface area contributed by atoms with E-state index in [1.165, 1.54) is 24.0 Å². The summed E-state index contributed by atoms with van der Waals surface area (Å²) in [5, 5.41) is 9.92. The summed E-state index contributed by atoms with van der Waals surface area (Å²) in [5.74, 6) is 2.07. The van der Waals surface area contributed by atoms with E-state index in [0.29, 0.717) is 0 Å². The summed E-state index contributed by atoms with van der Waals surface area (Å²) in [6, 6.07) is 19.0. The minimum atomic E-state index is 0.788. The van der Waals surface area contributed by atoms with E-state index in [-0.39, 0.29) is 0 Å². The van der Waals surface area contributed by atoms with Crippen LogP contribution in [0.1, 0.15) is 36.7 Å². The fourth-order valence-corrected chi connectivity index (χ4v) is 3.60. The highest BCUT2D eigenvalue weighted by molar-refractivity contribution is 7.99. The molecule has 1 aromatic heterocycles. The molecule has 0 bridgehead atoms. The molecule has 0 aliphatic rings. The van der Waals surface area contributed by atoms with Crippen molar-refractivity contribution < 1.29 is 0 Å². The highest BCUT2D eigenvalue weighted by Crippen LogP contribution is 2.24. The van der Waals surface area contributed by atoms with E-state index in [4.69, 9.17) is 0 Å². The number of nitrogens with zero attached hydrogens (tertiary/aromatic N) is 3. The molecule has 24 heavy (non-hydrogen) atoms. The van der Waals surface area contributed by atoms with Crippen LogP contribution in [0.4, 0.5) is 0 Å². The Labute approximate surface area is 148 Å². The zero-order valence-corrected chi connectivity index (χ0v) is 15.1. The summed E-state index contributed by atoms with van der Waals surface area (Å²) in [6.45, 7) is 4.32. The summed E-state index contributed by atoms with van der Waals surface area (Å²) in [7, 11) is 0. The third kappa shape index (κ3) is 4.06. The van der Waals surface area contributed by atoms with Crippen LogP contribution in [-0.2, 0) is 6.42 Å². The molecule has 3 nitrogen and oxygen atoms in total. The second-order valence-electron chi connectivity index (χ2n) is 5.93. The minimum Gasteiger partial charge on any atom is -0.274 e. The zero-order chi connectivity index (χ0) is 16.8. The maximum Gasteiger partial charge on any atom is 0.195 e. The second kappa shape index (κ2) is 8.15. The Balaban J connectivity index is 1.94. The number of aryl methyl sites for hydroxylation is 1. The van der Waals surface area contributed by atoms with Gasteiger partial charge in [0.15, 0.2) is 5.16 Å². The van der Waals surface area contributed by atoms with E-state index in [2.05, 4.69) is 77.1 Å². The van der Waals surface area contributed by atoms with Crippen molar-refractivity contribution in [3.63, 3.8) is 0 Å². The Kier molecular flexibility index (Phi) is 5.70. The van der Waals surface area contributed by atoms with Crippen LogP contribution in [-0.4, -0.2) is 20.5 Å². The number of thioether (sulfide) groups is 1. The van der Waals surface area contributed by atoms with Crippen molar-refractivity contribution in [2.24, 2.45) is 0 Å². The van der Waals surface area contributed by atoms with Gasteiger partial charge in [-0.05, 0) is 31.0 Å². The first-order chi connectivity index (χ1) is 11.8. The standard InChI is InChI=1S/C20H23N3S/c1-3-4-14-24-20-22-21-19(15-17-8-6-5-7-9-17)23(20)18-12-10-16(2)11-13-18/h5-13H,3-4,14-15H2,1-2H3. The third-order valence-corrected chi connectivity index (χ3v) is 4.94. The molecule has 4 heteroatoms. The molecule has 0 saturated carbocycles. The van der Waals surface area contributed by atoms with Crippen LogP contribution in [0.25, 0.3) is 5.69 Å². The fraction of sp³-hybridized carbons (Fsp3) is 0.300. The molecule has 0 radical (unpaired) electrons. The molecule has 2 aromatic carbocycles. The normalized spacial score (nSPS) is 10.9. The van der Waals surface area contributed by atoms with Crippen LogP contribution in [0.2, 0.25) is 0 Å². The van der Waals surface area contributed by atoms with Crippen LogP contribution in [0.3, 0.4) is 0 Å². The van der Waals surface area contributed by atoms with E-state index in [0.717, 1.165) is 28.8 Å². The smallest absolute Gasteiger partial charge is 0.195 e. The summed E-state index contributed by atoms with van der Waals surface area (Å²) in [6.07, 6.45) is 3.18. The Morgan fingerprint density at radius 3 is 2.42 bits per heavy atom. The SMILES string of the molecule is CCCCSc1nnc(Cc2ccccc2)n1-c1ccc(C)cc1. The van der Waals surface area contributed by atoms with Crippen LogP contribution in [0.5, 0.6) is 0 Å². The van der Waals surface area contributed by atoms with E-state index in [1.807, 2.05) is 6.07 Å². The maximum absolute atomic E-state index is 4.48. The topological polar surface area (TPSA) is 30.7 Å². The highest BCUT2D eigenvalue weighted by Gasteiger charge is 2.14. The first-order valence-corrected chi connectivity index (χ1v) is 9.44. The number of aromatic nitrogens is 3. The van der Waals surface area contributed by atoms with Gasteiger partial charge in [-0.15, -0.1) is 10.2 Å². The van der Waals surface area contributed by atoms with Crippen molar-refractivity contribution in [2.45, 2.75) is 38.3 Å². The van der Waals surface area contributed by atoms with Gasteiger partial charge in [0.05, 0.1) is 0 Å². The molecule has 0 saturated heterocycles. The Bertz CT molecular complexity index is 763. The van der Waals surface area contributed by atoms with Gasteiger partial charge in [0, 0.05) is 17.9 Å². The number of rotatable bonds is 7. The molecule has 0 unspecified atom stereocenters. The zero-order valence-electron chi connectivity index (χ0n) is 14.3. The summed E-state index contributed by atoms with van der Waals surface area (Å²) in [4.78, 5) is 0. The van der Waals surface area contributed by atoms with Crippen molar-refractivity contribution in [2.75, 3.05) is 5.75 Å². The van der Waals surface area contributed by atoms with Crippen molar-refractivity contribution in [3.05, 3.63) is 71.5 Å². The second-order valence-corrected chi connectivity index (χ2v) is 7.00. The van der Waals surface area contributed by atoms with Gasteiger partial charge in [0.2, 0.25) is 0 Å². The van der Waals surface area contributed by atoms with Gasteiger partial charge in [0.25, 0.3) is 0 Å². The molecule has 0 atom stereocenters. The molecule has 124 valence electrons. The number of hydrogen-bond acceptors (Lipinski definition) is 3. The maximum atomic E-state index is 4.48. The molecule has 0 spiro atoms. The quantitative estimate of drug-likeness (QED) is 0.446. The lowest BCUT2D eigenvalue weighted by Crippen LogP contribution is -2.04. The summed E-state index contributed by atoms with van der Waals surface area (Å²) in [5.41, 5.74) is 3.65. The van der Waals surface area contributed by atoms with Crippen molar-refractivity contribution in [3.8, 4) is 5.69 Å². The van der Waals surface area contributed by atoms with E-state index in [9.17, 15) is 0 Å². The van der Waals surface area contributed by atoms with Gasteiger partial charge >= 0.3 is 0 Å². The first-order valence-electron chi connectivity index (χ1n) is 8.46. The largest absolute Gasteiger partial charge is 0.274 e. The highest BCUT2D eigenvalue weighted by atomic mass is 32.2. The van der Waals surface area contributed by atoms with Gasteiger partial charge in [0.1, 0.15) is 5.82 Å². The van der Waals surface area contributed by atoms with Crippen LogP contribution in [0, 0.1) is 6.92 Å². The number of unbranched alkanes of at least 4 members (excludes halogenated alkanes) is 1. The van der Waals surface area contributed by atoms with Gasteiger partial charge in [-0.1, -0.05) is 73.1 Å². The third-order valence-electron chi connectivity index (χ3n) is 3.93. The molecule has 3 rings (SSSR count). The Morgan fingerprint density at radius 1 is 0.958 bits per heavy atom. The lowest BCUT2D eigenvalue weighted by molar-refractivity contribution is 0.840. The monoisotopic (exact) mass is 337 g/mol. The fourth-order valence-electron chi connectivity index (χ4n) is 2.55. The van der Waals surface area contributed by atoms with E-state index < -0.39 is 0 Å². The predicted molar refractivity (Wildman–Crippen MR) is 101 cm³/mol. The predicted octanol–water partition coefficient (Wildman–Crippen LogP) is 5.06. The first kappa shape index (κ1) is 16.8. The lowest BCUT2D eigenvalue weighted by atomic mass is 10.1. The van der Waals surface area contributed by atoms with Crippen LogP contribution < -0.4 is 0 Å². The number of hydrogen-bond donors (Lipinski definition) is 0. The Hall–Kier alpha value is -2.07. The average Bonchev–Trinajstić information content (AvgIpc) is 2.99. The molecular weight excluding hydrogens is 314 g/mol. The molecule has 0 aliphatic carbocycles. The Morgan fingerprint density at radius 2 is 1.71 bits per heavy atom. The van der Waals surface area contributed by atoms with Gasteiger partial charge in [-0.25, -0.2) is 0 Å². The molecule has 0 amide bonds. The van der Waals surface area contributed by atoms with Gasteiger partial charge < -0.3 is 0 Å². The van der Waals surface area contributed by atoms with Crippen molar-refractivity contribution in [1.29, 1.82) is 0 Å². The van der Waals surface area contributed by atoms with Gasteiger partial charge in [-0.3, -0.25) is 4.57 Å². The lowest BCUT2D eigenvalue weighted by Gasteiger charge is -2.10. The van der Waals surface area contributed by atoms with E-state index in [1.54, 1.807) is 11.8 Å². The molecule has 0 aliphatic heterocycles.